The zero-order valence-corrected chi connectivity index (χ0v) is 10.5. The first-order valence-electron chi connectivity index (χ1n) is 5.41. The highest BCUT2D eigenvalue weighted by Gasteiger charge is 2.00. The fourth-order valence-electron chi connectivity index (χ4n) is 1.10. The molecule has 1 aromatic heterocycles. The van der Waals surface area contributed by atoms with Crippen molar-refractivity contribution in [3.05, 3.63) is 12.4 Å². The SMILES string of the molecule is CCCNC(=S)Nc1cnn(COCC)c1. The minimum atomic E-state index is 0.466. The van der Waals surface area contributed by atoms with Gasteiger partial charge >= 0.3 is 0 Å². The van der Waals surface area contributed by atoms with E-state index in [-0.39, 0.29) is 0 Å². The summed E-state index contributed by atoms with van der Waals surface area (Å²) in [5.74, 6) is 0. The highest BCUT2D eigenvalue weighted by molar-refractivity contribution is 7.80. The first-order chi connectivity index (χ1) is 7.76. The van der Waals surface area contributed by atoms with Gasteiger partial charge in [-0.15, -0.1) is 0 Å². The monoisotopic (exact) mass is 242 g/mol. The van der Waals surface area contributed by atoms with Crippen LogP contribution in [0.4, 0.5) is 5.69 Å². The second kappa shape index (κ2) is 7.19. The molecule has 1 aromatic rings. The quantitative estimate of drug-likeness (QED) is 0.742. The summed E-state index contributed by atoms with van der Waals surface area (Å²) in [6, 6.07) is 0. The third kappa shape index (κ3) is 4.59. The molecular weight excluding hydrogens is 224 g/mol. The molecule has 0 fully saturated rings. The Morgan fingerprint density at radius 1 is 1.56 bits per heavy atom. The van der Waals surface area contributed by atoms with Gasteiger partial charge in [0.05, 0.1) is 18.1 Å². The number of rotatable bonds is 6. The first-order valence-corrected chi connectivity index (χ1v) is 5.82. The van der Waals surface area contributed by atoms with Crippen molar-refractivity contribution in [2.24, 2.45) is 0 Å². The average Bonchev–Trinajstić information content (AvgIpc) is 2.71. The standard InChI is InChI=1S/C10H18N4OS/c1-3-5-11-10(16)13-9-6-12-14(7-9)8-15-4-2/h6-7H,3-5,8H2,1-2H3,(H2,11,13,16). The molecule has 0 aromatic carbocycles. The number of hydrogen-bond acceptors (Lipinski definition) is 3. The van der Waals surface area contributed by atoms with E-state index in [1.165, 1.54) is 0 Å². The smallest absolute Gasteiger partial charge is 0.170 e. The molecule has 0 spiro atoms. The van der Waals surface area contributed by atoms with Crippen molar-refractivity contribution in [3.8, 4) is 0 Å². The van der Waals surface area contributed by atoms with E-state index in [1.54, 1.807) is 10.9 Å². The summed E-state index contributed by atoms with van der Waals surface area (Å²) in [5, 5.41) is 10.9. The molecule has 0 aliphatic rings. The van der Waals surface area contributed by atoms with Crippen molar-refractivity contribution >= 4 is 23.0 Å². The number of ether oxygens (including phenoxy) is 1. The van der Waals surface area contributed by atoms with Crippen molar-refractivity contribution in [1.29, 1.82) is 0 Å². The third-order valence-corrected chi connectivity index (χ3v) is 2.10. The van der Waals surface area contributed by atoms with Crippen LogP contribution in [0.1, 0.15) is 20.3 Å². The first kappa shape index (κ1) is 12.9. The van der Waals surface area contributed by atoms with Crippen LogP contribution in [0.15, 0.2) is 12.4 Å². The molecule has 0 saturated heterocycles. The van der Waals surface area contributed by atoms with E-state index in [9.17, 15) is 0 Å². The number of nitrogens with zero attached hydrogens (tertiary/aromatic N) is 2. The third-order valence-electron chi connectivity index (χ3n) is 1.85. The highest BCUT2D eigenvalue weighted by atomic mass is 32.1. The van der Waals surface area contributed by atoms with Crippen molar-refractivity contribution in [3.63, 3.8) is 0 Å². The van der Waals surface area contributed by atoms with Crippen LogP contribution in [0.25, 0.3) is 0 Å². The van der Waals surface area contributed by atoms with Crippen molar-refractivity contribution < 1.29 is 4.74 Å². The van der Waals surface area contributed by atoms with E-state index >= 15 is 0 Å². The number of hydrogen-bond donors (Lipinski definition) is 2. The van der Waals surface area contributed by atoms with Crippen molar-refractivity contribution in [1.82, 2.24) is 15.1 Å². The lowest BCUT2D eigenvalue weighted by atomic mass is 10.5. The largest absolute Gasteiger partial charge is 0.362 e. The van der Waals surface area contributed by atoms with Gasteiger partial charge in [0.2, 0.25) is 0 Å². The maximum absolute atomic E-state index is 5.23. The highest BCUT2D eigenvalue weighted by Crippen LogP contribution is 2.04. The van der Waals surface area contributed by atoms with E-state index in [0.717, 1.165) is 18.7 Å². The van der Waals surface area contributed by atoms with Gasteiger partial charge in [-0.05, 0) is 25.6 Å². The van der Waals surface area contributed by atoms with Crippen LogP contribution < -0.4 is 10.6 Å². The van der Waals surface area contributed by atoms with Crippen LogP contribution in [-0.4, -0.2) is 28.0 Å². The Balaban J connectivity index is 2.36. The molecule has 1 rings (SSSR count). The molecule has 2 N–H and O–H groups in total. The van der Waals surface area contributed by atoms with E-state index in [2.05, 4.69) is 22.7 Å². The van der Waals surface area contributed by atoms with Gasteiger partial charge in [-0.2, -0.15) is 5.10 Å². The van der Waals surface area contributed by atoms with E-state index < -0.39 is 0 Å². The second-order valence-corrected chi connectivity index (χ2v) is 3.68. The Morgan fingerprint density at radius 2 is 2.38 bits per heavy atom. The zero-order valence-electron chi connectivity index (χ0n) is 9.69. The summed E-state index contributed by atoms with van der Waals surface area (Å²) in [6.45, 7) is 6.06. The second-order valence-electron chi connectivity index (χ2n) is 3.27. The maximum Gasteiger partial charge on any atom is 0.170 e. The Labute approximate surface area is 101 Å². The predicted molar refractivity (Wildman–Crippen MR) is 68.4 cm³/mol. The van der Waals surface area contributed by atoms with Crippen LogP contribution in [0, 0.1) is 0 Å². The molecule has 1 heterocycles. The molecule has 0 saturated carbocycles. The van der Waals surface area contributed by atoms with Gasteiger partial charge < -0.3 is 15.4 Å². The molecule has 5 nitrogen and oxygen atoms in total. The number of aromatic nitrogens is 2. The Hall–Kier alpha value is -1.14. The average molecular weight is 242 g/mol. The van der Waals surface area contributed by atoms with Gasteiger partial charge in [-0.1, -0.05) is 6.92 Å². The molecule has 0 radical (unpaired) electrons. The van der Waals surface area contributed by atoms with Crippen LogP contribution in [0.2, 0.25) is 0 Å². The molecule has 0 amide bonds. The lowest BCUT2D eigenvalue weighted by Gasteiger charge is -2.06. The predicted octanol–water partition coefficient (Wildman–Crippen LogP) is 1.57. The van der Waals surface area contributed by atoms with Gasteiger partial charge in [-0.25, -0.2) is 4.68 Å². The van der Waals surface area contributed by atoms with Crippen molar-refractivity contribution in [2.75, 3.05) is 18.5 Å². The summed E-state index contributed by atoms with van der Waals surface area (Å²) in [6.07, 6.45) is 4.62. The molecule has 6 heteroatoms. The Bertz CT molecular complexity index is 326. The van der Waals surface area contributed by atoms with Gasteiger partial charge in [0.15, 0.2) is 5.11 Å². The summed E-state index contributed by atoms with van der Waals surface area (Å²) in [7, 11) is 0. The van der Waals surface area contributed by atoms with Crippen LogP contribution in [0.5, 0.6) is 0 Å². The summed E-state index contributed by atoms with van der Waals surface area (Å²) in [5.41, 5.74) is 0.869. The number of thiocarbonyl (C=S) groups is 1. The van der Waals surface area contributed by atoms with Crippen molar-refractivity contribution in [2.45, 2.75) is 27.0 Å². The van der Waals surface area contributed by atoms with Gasteiger partial charge in [0.25, 0.3) is 0 Å². The molecule has 0 aliphatic heterocycles. The molecule has 0 aliphatic carbocycles. The topological polar surface area (TPSA) is 51.1 Å². The molecule has 90 valence electrons. The summed E-state index contributed by atoms with van der Waals surface area (Å²) in [4.78, 5) is 0. The lowest BCUT2D eigenvalue weighted by Crippen LogP contribution is -2.28. The van der Waals surface area contributed by atoms with E-state index in [4.69, 9.17) is 17.0 Å². The van der Waals surface area contributed by atoms with E-state index in [1.807, 2.05) is 13.1 Å². The molecule has 0 atom stereocenters. The van der Waals surface area contributed by atoms with Gasteiger partial charge in [0.1, 0.15) is 6.73 Å². The van der Waals surface area contributed by atoms with Crippen LogP contribution in [-0.2, 0) is 11.5 Å². The minimum Gasteiger partial charge on any atom is -0.362 e. The molecule has 16 heavy (non-hydrogen) atoms. The Morgan fingerprint density at radius 3 is 3.06 bits per heavy atom. The maximum atomic E-state index is 5.23. The van der Waals surface area contributed by atoms with Gasteiger partial charge in [0, 0.05) is 13.2 Å². The fraction of sp³-hybridized carbons (Fsp3) is 0.600. The number of nitrogens with one attached hydrogen (secondary N) is 2. The Kier molecular flexibility index (Phi) is 5.81. The van der Waals surface area contributed by atoms with Crippen LogP contribution in [0.3, 0.4) is 0 Å². The van der Waals surface area contributed by atoms with Crippen LogP contribution >= 0.6 is 12.2 Å². The zero-order chi connectivity index (χ0) is 11.8. The molecule has 0 bridgehead atoms. The summed E-state index contributed by atoms with van der Waals surface area (Å²) >= 11 is 5.11. The fourth-order valence-corrected chi connectivity index (χ4v) is 1.32. The molecular formula is C10H18N4OS. The lowest BCUT2D eigenvalue weighted by molar-refractivity contribution is 0.0792. The minimum absolute atomic E-state index is 0.466. The van der Waals surface area contributed by atoms with Gasteiger partial charge in [-0.3, -0.25) is 0 Å². The van der Waals surface area contributed by atoms with E-state index in [0.29, 0.717) is 18.5 Å². The number of anilines is 1. The molecule has 0 unspecified atom stereocenters. The normalized spacial score (nSPS) is 10.1. The summed E-state index contributed by atoms with van der Waals surface area (Å²) < 4.78 is 6.94.